The number of aliphatic hydroxyl groups excluding tert-OH is 2. The highest BCUT2D eigenvalue weighted by Crippen LogP contribution is 2.39. The number of aliphatic hydroxyl groups is 2. The molecule has 0 saturated heterocycles. The van der Waals surface area contributed by atoms with Gasteiger partial charge < -0.3 is 25.6 Å². The second kappa shape index (κ2) is 17.0. The summed E-state index contributed by atoms with van der Waals surface area (Å²) in [7, 11) is 0. The predicted octanol–water partition coefficient (Wildman–Crippen LogP) is 4.72. The van der Waals surface area contributed by atoms with Crippen molar-refractivity contribution < 1.29 is 20.1 Å². The van der Waals surface area contributed by atoms with Crippen molar-refractivity contribution in [2.24, 2.45) is 5.92 Å². The Hall–Kier alpha value is -2.72. The van der Waals surface area contributed by atoms with Crippen molar-refractivity contribution in [3.05, 3.63) is 28.8 Å². The number of anilines is 1. The molecule has 1 saturated carbocycles. The molecule has 2 aromatic rings. The van der Waals surface area contributed by atoms with Crippen molar-refractivity contribution in [3.8, 4) is 0 Å². The zero-order chi connectivity index (χ0) is 27.9. The number of unbranched alkanes of at least 4 members (excludes halogenated alkanes) is 12. The van der Waals surface area contributed by atoms with Crippen LogP contribution >= 0.6 is 0 Å². The van der Waals surface area contributed by atoms with Crippen molar-refractivity contribution in [1.82, 2.24) is 19.5 Å². The van der Waals surface area contributed by atoms with Gasteiger partial charge in [0.05, 0.1) is 25.1 Å². The minimum Gasteiger partial charge on any atom is -0.481 e. The zero-order valence-electron chi connectivity index (χ0n) is 22.9. The zero-order valence-corrected chi connectivity index (χ0v) is 22.9. The number of carbonyl (C=O) groups is 1. The van der Waals surface area contributed by atoms with Crippen molar-refractivity contribution >= 4 is 23.1 Å². The lowest BCUT2D eigenvalue weighted by Gasteiger charge is -2.15. The van der Waals surface area contributed by atoms with Crippen molar-refractivity contribution in [2.75, 3.05) is 12.3 Å². The SMILES string of the molecule is C=C1[C@H](CO)[C@@H](O)C[C@@H]1n1cnc2c(=O)[nH]c(N)nc21.CCCCCCCCCCCCCCCC(=O)O. The first-order valence-electron chi connectivity index (χ1n) is 14.2. The smallest absolute Gasteiger partial charge is 0.303 e. The molecule has 214 valence electrons. The molecule has 2 heterocycles. The number of nitrogens with one attached hydrogen (secondary N) is 1. The van der Waals surface area contributed by atoms with Crippen LogP contribution in [0, 0.1) is 5.92 Å². The highest BCUT2D eigenvalue weighted by Gasteiger charge is 2.37. The van der Waals surface area contributed by atoms with E-state index in [1.807, 2.05) is 0 Å². The molecule has 0 radical (unpaired) electrons. The Morgan fingerprint density at radius 1 is 1.08 bits per heavy atom. The number of aromatic amines is 1. The Bertz CT molecular complexity index is 1050. The number of nitrogens with zero attached hydrogens (tertiary/aromatic N) is 3. The van der Waals surface area contributed by atoms with Crippen LogP contribution in [-0.4, -0.2) is 53.5 Å². The van der Waals surface area contributed by atoms with Crippen LogP contribution in [0.25, 0.3) is 11.2 Å². The Kier molecular flexibility index (Phi) is 14.1. The Morgan fingerprint density at radius 2 is 1.63 bits per heavy atom. The van der Waals surface area contributed by atoms with Crippen LogP contribution in [0.5, 0.6) is 0 Å². The van der Waals surface area contributed by atoms with Gasteiger partial charge in [-0.15, -0.1) is 0 Å². The minimum absolute atomic E-state index is 0.00659. The maximum absolute atomic E-state index is 11.7. The monoisotopic (exact) mass is 533 g/mol. The van der Waals surface area contributed by atoms with E-state index in [1.165, 1.54) is 77.0 Å². The van der Waals surface area contributed by atoms with E-state index in [0.717, 1.165) is 12.8 Å². The third-order valence-corrected chi connectivity index (χ3v) is 7.31. The molecule has 0 aliphatic heterocycles. The summed E-state index contributed by atoms with van der Waals surface area (Å²) < 4.78 is 1.67. The molecule has 0 aromatic carbocycles. The van der Waals surface area contributed by atoms with Gasteiger partial charge in [0.2, 0.25) is 5.95 Å². The van der Waals surface area contributed by atoms with Crippen molar-refractivity contribution in [3.63, 3.8) is 0 Å². The van der Waals surface area contributed by atoms with Crippen LogP contribution in [0.2, 0.25) is 0 Å². The minimum atomic E-state index is -0.672. The Morgan fingerprint density at radius 3 is 2.13 bits per heavy atom. The highest BCUT2D eigenvalue weighted by atomic mass is 16.4. The van der Waals surface area contributed by atoms with E-state index < -0.39 is 17.6 Å². The molecule has 1 fully saturated rings. The molecule has 10 heteroatoms. The van der Waals surface area contributed by atoms with Gasteiger partial charge in [0.1, 0.15) is 0 Å². The number of fused-ring (bicyclic) bond motifs is 1. The fourth-order valence-electron chi connectivity index (χ4n) is 5.03. The molecule has 1 aliphatic rings. The molecule has 3 rings (SSSR count). The standard InChI is InChI=1S/C16H32O2.C12H15N5O3/c1-2-3-4-5-6-7-8-9-10-11-12-13-14-15-16(17)18;1-5-6(3-18)8(19)2-7(5)17-4-14-9-10(17)15-12(13)16-11(9)20/h2-15H2,1H3,(H,17,18);4,6-8,18-19H,1-3H2,(H3,13,15,16,20)/t;6-,7-,8-/m.0/s1. The van der Waals surface area contributed by atoms with Crippen LogP contribution < -0.4 is 11.3 Å². The fourth-order valence-corrected chi connectivity index (χ4v) is 5.03. The predicted molar refractivity (Wildman–Crippen MR) is 150 cm³/mol. The summed E-state index contributed by atoms with van der Waals surface area (Å²) in [4.78, 5) is 32.5. The maximum atomic E-state index is 11.7. The number of nitrogens with two attached hydrogens (primary N) is 1. The molecule has 6 N–H and O–H groups in total. The summed E-state index contributed by atoms with van der Waals surface area (Å²) in [5.41, 5.74) is 6.37. The normalized spacial score (nSPS) is 19.0. The molecule has 2 aromatic heterocycles. The summed E-state index contributed by atoms with van der Waals surface area (Å²) in [5.74, 6) is -1.03. The quantitative estimate of drug-likeness (QED) is 0.152. The lowest BCUT2D eigenvalue weighted by Crippen LogP contribution is -2.17. The van der Waals surface area contributed by atoms with Crippen LogP contribution in [0.15, 0.2) is 23.3 Å². The molecule has 0 amide bonds. The summed E-state index contributed by atoms with van der Waals surface area (Å²) in [6.07, 6.45) is 18.5. The molecule has 3 atom stereocenters. The topological polar surface area (TPSA) is 167 Å². The van der Waals surface area contributed by atoms with E-state index >= 15 is 0 Å². The van der Waals surface area contributed by atoms with E-state index in [-0.39, 0.29) is 30.0 Å². The first-order chi connectivity index (χ1) is 18.3. The fraction of sp³-hybridized carbons (Fsp3) is 0.714. The molecule has 0 spiro atoms. The number of hydrogen-bond donors (Lipinski definition) is 5. The maximum Gasteiger partial charge on any atom is 0.303 e. The van der Waals surface area contributed by atoms with Gasteiger partial charge in [0, 0.05) is 12.3 Å². The molecule has 0 bridgehead atoms. The van der Waals surface area contributed by atoms with Gasteiger partial charge in [-0.05, 0) is 18.4 Å². The average Bonchev–Trinajstić information content (AvgIpc) is 3.41. The first-order valence-corrected chi connectivity index (χ1v) is 14.2. The van der Waals surface area contributed by atoms with Crippen LogP contribution in [0.4, 0.5) is 5.95 Å². The van der Waals surface area contributed by atoms with Gasteiger partial charge in [0.25, 0.3) is 5.56 Å². The van der Waals surface area contributed by atoms with Crippen LogP contribution in [0.1, 0.15) is 109 Å². The van der Waals surface area contributed by atoms with Crippen molar-refractivity contribution in [2.45, 2.75) is 115 Å². The summed E-state index contributed by atoms with van der Waals surface area (Å²) in [5, 5.41) is 27.7. The number of nitrogen functional groups attached to an aromatic ring is 1. The molecule has 0 unspecified atom stereocenters. The summed E-state index contributed by atoms with van der Waals surface area (Å²) in [6, 6.07) is -0.263. The number of carboxylic acids is 1. The number of aliphatic carboxylic acids is 1. The number of imidazole rings is 1. The second-order valence-corrected chi connectivity index (χ2v) is 10.3. The first kappa shape index (κ1) is 31.5. The van der Waals surface area contributed by atoms with Crippen LogP contribution in [0.3, 0.4) is 0 Å². The van der Waals surface area contributed by atoms with E-state index in [2.05, 4.69) is 28.5 Å². The van der Waals surface area contributed by atoms with Gasteiger partial charge in [-0.2, -0.15) is 4.98 Å². The van der Waals surface area contributed by atoms with E-state index in [1.54, 1.807) is 4.57 Å². The Balaban J connectivity index is 0.000000269. The van der Waals surface area contributed by atoms with E-state index in [0.29, 0.717) is 24.1 Å². The second-order valence-electron chi connectivity index (χ2n) is 10.3. The molecular weight excluding hydrogens is 486 g/mol. The summed E-state index contributed by atoms with van der Waals surface area (Å²) in [6.45, 7) is 6.03. The molecule has 10 nitrogen and oxygen atoms in total. The highest BCUT2D eigenvalue weighted by molar-refractivity contribution is 5.71. The van der Waals surface area contributed by atoms with Gasteiger partial charge in [-0.1, -0.05) is 90.6 Å². The Labute approximate surface area is 225 Å². The number of H-pyrrole nitrogens is 1. The lowest BCUT2D eigenvalue weighted by atomic mass is 10.0. The molecular formula is C28H47N5O5. The van der Waals surface area contributed by atoms with Gasteiger partial charge in [-0.3, -0.25) is 14.6 Å². The van der Waals surface area contributed by atoms with Gasteiger partial charge in [0.15, 0.2) is 11.2 Å². The number of rotatable bonds is 16. The summed E-state index contributed by atoms with van der Waals surface area (Å²) >= 11 is 0. The third-order valence-electron chi connectivity index (χ3n) is 7.31. The van der Waals surface area contributed by atoms with E-state index in [9.17, 15) is 19.8 Å². The number of hydrogen-bond acceptors (Lipinski definition) is 7. The van der Waals surface area contributed by atoms with Crippen molar-refractivity contribution in [1.29, 1.82) is 0 Å². The number of aromatic nitrogens is 4. The van der Waals surface area contributed by atoms with E-state index in [4.69, 9.17) is 10.8 Å². The lowest BCUT2D eigenvalue weighted by molar-refractivity contribution is -0.137. The largest absolute Gasteiger partial charge is 0.481 e. The van der Waals surface area contributed by atoms with Gasteiger partial charge >= 0.3 is 5.97 Å². The van der Waals surface area contributed by atoms with Crippen LogP contribution in [-0.2, 0) is 4.79 Å². The molecule has 38 heavy (non-hydrogen) atoms. The van der Waals surface area contributed by atoms with Gasteiger partial charge in [-0.25, -0.2) is 4.98 Å². The molecule has 1 aliphatic carbocycles. The number of carboxylic acid groups (broad SMARTS) is 1. The third kappa shape index (κ3) is 9.87. The average molecular weight is 534 g/mol.